The van der Waals surface area contributed by atoms with E-state index in [4.69, 9.17) is 0 Å². The number of aromatic nitrogens is 2. The van der Waals surface area contributed by atoms with Crippen molar-refractivity contribution in [3.05, 3.63) is 16.4 Å². The molecule has 5 rings (SSSR count). The normalized spacial score (nSPS) is 33.9. The van der Waals surface area contributed by atoms with E-state index in [1.54, 1.807) is 0 Å². The van der Waals surface area contributed by atoms with Crippen LogP contribution in [0.5, 0.6) is 0 Å². The molecule has 1 aromatic rings. The van der Waals surface area contributed by atoms with Crippen LogP contribution in [0.4, 0.5) is 0 Å². The van der Waals surface area contributed by atoms with E-state index in [1.807, 2.05) is 22.8 Å². The molecule has 4 nitrogen and oxygen atoms in total. The molecule has 0 spiro atoms. The average molecular weight is 394 g/mol. The number of carbonyl (C=O) groups is 1. The lowest BCUT2D eigenvalue weighted by molar-refractivity contribution is -0.138. The first-order chi connectivity index (χ1) is 11.5. The molecule has 0 aliphatic heterocycles. The summed E-state index contributed by atoms with van der Waals surface area (Å²) in [6, 6.07) is 0. The highest BCUT2D eigenvalue weighted by atomic mass is 79.9. The minimum atomic E-state index is 0.313. The number of rotatable bonds is 5. The molecule has 0 unspecified atom stereocenters. The molecule has 4 bridgehead atoms. The Balaban J connectivity index is 1.43. The van der Waals surface area contributed by atoms with Gasteiger partial charge in [-0.1, -0.05) is 0 Å². The predicted octanol–water partition coefficient (Wildman–Crippen LogP) is 4.23. The van der Waals surface area contributed by atoms with Crippen molar-refractivity contribution in [1.29, 1.82) is 0 Å². The molecule has 5 heteroatoms. The summed E-state index contributed by atoms with van der Waals surface area (Å²) >= 11 is 3.57. The maximum absolute atomic E-state index is 12.9. The third kappa shape index (κ3) is 2.93. The summed E-state index contributed by atoms with van der Waals surface area (Å²) in [6.45, 7) is 3.55. The molecule has 4 saturated carbocycles. The summed E-state index contributed by atoms with van der Waals surface area (Å²) in [7, 11) is 1.95. The quantitative estimate of drug-likeness (QED) is 0.750. The van der Waals surface area contributed by atoms with Crippen molar-refractivity contribution >= 4 is 21.8 Å². The molecule has 0 saturated heterocycles. The highest BCUT2D eigenvalue weighted by molar-refractivity contribution is 9.10. The summed E-state index contributed by atoms with van der Waals surface area (Å²) in [5.74, 6) is 3.03. The van der Waals surface area contributed by atoms with Crippen molar-refractivity contribution in [2.75, 3.05) is 7.05 Å². The molecular formula is C19H28BrN3O. The van der Waals surface area contributed by atoms with Gasteiger partial charge in [-0.25, -0.2) is 0 Å². The zero-order chi connectivity index (χ0) is 16.9. The van der Waals surface area contributed by atoms with Crippen LogP contribution in [0, 0.1) is 23.2 Å². The lowest BCUT2D eigenvalue weighted by atomic mass is 9.49. The van der Waals surface area contributed by atoms with Crippen LogP contribution in [0.25, 0.3) is 0 Å². The molecule has 0 radical (unpaired) electrons. The Morgan fingerprint density at radius 1 is 1.29 bits per heavy atom. The van der Waals surface area contributed by atoms with Gasteiger partial charge in [0, 0.05) is 20.0 Å². The Kier molecular flexibility index (Phi) is 4.26. The zero-order valence-corrected chi connectivity index (χ0v) is 16.4. The maximum Gasteiger partial charge on any atom is 0.223 e. The second-order valence-corrected chi connectivity index (χ2v) is 9.45. The van der Waals surface area contributed by atoms with Crippen LogP contribution in [0.2, 0.25) is 0 Å². The van der Waals surface area contributed by atoms with E-state index in [0.29, 0.717) is 17.9 Å². The molecule has 0 aromatic carbocycles. The zero-order valence-electron chi connectivity index (χ0n) is 14.8. The minimum absolute atomic E-state index is 0.313. The van der Waals surface area contributed by atoms with Crippen LogP contribution in [-0.2, 0) is 17.9 Å². The van der Waals surface area contributed by atoms with E-state index in [1.165, 1.54) is 38.5 Å². The monoisotopic (exact) mass is 393 g/mol. The van der Waals surface area contributed by atoms with Crippen LogP contribution in [0.1, 0.15) is 57.6 Å². The van der Waals surface area contributed by atoms with Crippen molar-refractivity contribution in [3.8, 4) is 0 Å². The fourth-order valence-corrected chi connectivity index (χ4v) is 6.51. The molecule has 4 fully saturated rings. The predicted molar refractivity (Wildman–Crippen MR) is 97.3 cm³/mol. The first-order valence-electron chi connectivity index (χ1n) is 9.42. The molecule has 4 aliphatic rings. The van der Waals surface area contributed by atoms with E-state index < -0.39 is 0 Å². The highest BCUT2D eigenvalue weighted by Crippen LogP contribution is 2.61. The Labute approximate surface area is 153 Å². The van der Waals surface area contributed by atoms with Crippen LogP contribution in [0.3, 0.4) is 0 Å². The maximum atomic E-state index is 12.9. The van der Waals surface area contributed by atoms with Crippen molar-refractivity contribution in [1.82, 2.24) is 14.7 Å². The molecule has 1 amide bonds. The third-order valence-electron chi connectivity index (χ3n) is 6.70. The van der Waals surface area contributed by atoms with Gasteiger partial charge in [0.05, 0.1) is 22.9 Å². The lowest BCUT2D eigenvalue weighted by Gasteiger charge is -2.56. The van der Waals surface area contributed by atoms with Crippen molar-refractivity contribution in [2.24, 2.45) is 23.2 Å². The summed E-state index contributed by atoms with van der Waals surface area (Å²) in [4.78, 5) is 14.9. The van der Waals surface area contributed by atoms with Gasteiger partial charge >= 0.3 is 0 Å². The van der Waals surface area contributed by atoms with Crippen LogP contribution < -0.4 is 0 Å². The lowest BCUT2D eigenvalue weighted by Crippen LogP contribution is -2.48. The van der Waals surface area contributed by atoms with E-state index in [2.05, 4.69) is 28.0 Å². The van der Waals surface area contributed by atoms with Gasteiger partial charge in [0.25, 0.3) is 0 Å². The second-order valence-electron chi connectivity index (χ2n) is 8.60. The number of carbonyl (C=O) groups excluding carboxylic acids is 1. The third-order valence-corrected chi connectivity index (χ3v) is 7.36. The molecule has 1 aromatic heterocycles. The van der Waals surface area contributed by atoms with Gasteiger partial charge in [-0.15, -0.1) is 0 Å². The first kappa shape index (κ1) is 16.6. The number of aryl methyl sites for hydroxylation is 1. The Morgan fingerprint density at radius 2 is 1.88 bits per heavy atom. The van der Waals surface area contributed by atoms with Crippen LogP contribution in [0.15, 0.2) is 10.7 Å². The Morgan fingerprint density at radius 3 is 2.42 bits per heavy atom. The van der Waals surface area contributed by atoms with Gasteiger partial charge in [-0.2, -0.15) is 5.10 Å². The molecule has 24 heavy (non-hydrogen) atoms. The fourth-order valence-electron chi connectivity index (χ4n) is 6.09. The van der Waals surface area contributed by atoms with Crippen molar-refractivity contribution in [3.63, 3.8) is 0 Å². The second kappa shape index (κ2) is 6.15. The summed E-state index contributed by atoms with van der Waals surface area (Å²) in [5, 5.41) is 4.36. The summed E-state index contributed by atoms with van der Waals surface area (Å²) in [5.41, 5.74) is 1.42. The Bertz CT molecular complexity index is 603. The molecule has 0 N–H and O–H groups in total. The highest BCUT2D eigenvalue weighted by Gasteiger charge is 2.51. The number of halogens is 1. The number of hydrogen-bond acceptors (Lipinski definition) is 2. The topological polar surface area (TPSA) is 38.1 Å². The minimum Gasteiger partial charge on any atom is -0.340 e. The van der Waals surface area contributed by atoms with E-state index in [0.717, 1.165) is 40.9 Å². The fraction of sp³-hybridized carbons (Fsp3) is 0.789. The summed E-state index contributed by atoms with van der Waals surface area (Å²) in [6.07, 6.45) is 10.8. The van der Waals surface area contributed by atoms with Crippen LogP contribution in [-0.4, -0.2) is 27.6 Å². The first-order valence-corrected chi connectivity index (χ1v) is 10.2. The van der Waals surface area contributed by atoms with Gasteiger partial charge in [-0.05, 0) is 84.5 Å². The van der Waals surface area contributed by atoms with Crippen molar-refractivity contribution in [2.45, 2.75) is 65.0 Å². The Hall–Kier alpha value is -0.840. The number of amides is 1. The average Bonchev–Trinajstić information content (AvgIpc) is 2.85. The number of nitrogens with zero attached hydrogens (tertiary/aromatic N) is 3. The van der Waals surface area contributed by atoms with Gasteiger partial charge in [-0.3, -0.25) is 9.48 Å². The standard InChI is InChI=1S/C19H28BrN3O/c1-3-23-17(16(20)11-21-23)12-22(2)18(24)10-19-7-13-4-14(8-19)6-15(5-13)9-19/h11,13-15H,3-10,12H2,1-2H3. The largest absolute Gasteiger partial charge is 0.340 e. The van der Waals surface area contributed by atoms with E-state index in [9.17, 15) is 4.79 Å². The molecule has 1 heterocycles. The molecule has 0 atom stereocenters. The van der Waals surface area contributed by atoms with Crippen molar-refractivity contribution < 1.29 is 4.79 Å². The summed E-state index contributed by atoms with van der Waals surface area (Å²) < 4.78 is 2.97. The smallest absolute Gasteiger partial charge is 0.223 e. The van der Waals surface area contributed by atoms with E-state index in [-0.39, 0.29) is 0 Å². The van der Waals surface area contributed by atoms with Gasteiger partial charge in [0.15, 0.2) is 0 Å². The van der Waals surface area contributed by atoms with Gasteiger partial charge in [0.1, 0.15) is 0 Å². The SMILES string of the molecule is CCn1ncc(Br)c1CN(C)C(=O)CC12CC3CC(CC(C3)C1)C2. The van der Waals surface area contributed by atoms with Crippen LogP contribution >= 0.6 is 15.9 Å². The van der Waals surface area contributed by atoms with Gasteiger partial charge < -0.3 is 4.90 Å². The van der Waals surface area contributed by atoms with E-state index >= 15 is 0 Å². The molecule has 132 valence electrons. The molecular weight excluding hydrogens is 366 g/mol. The van der Waals surface area contributed by atoms with Gasteiger partial charge in [0.2, 0.25) is 5.91 Å². The number of hydrogen-bond donors (Lipinski definition) is 0. The molecule has 4 aliphatic carbocycles.